The fourth-order valence-electron chi connectivity index (χ4n) is 3.18. The molecule has 33 heavy (non-hydrogen) atoms. The number of thioether (sulfide) groups is 1. The fraction of sp³-hybridized carbons (Fsp3) is 0.240. The third-order valence-electron chi connectivity index (χ3n) is 5.03. The average molecular weight is 487 g/mol. The second kappa shape index (κ2) is 11.9. The monoisotopic (exact) mass is 486 g/mol. The number of carbonyl (C=O) groups is 1. The van der Waals surface area contributed by atoms with Gasteiger partial charge in [-0.25, -0.2) is 12.8 Å². The number of amides is 1. The molecule has 1 amide bonds. The van der Waals surface area contributed by atoms with E-state index in [1.807, 2.05) is 19.1 Å². The van der Waals surface area contributed by atoms with E-state index in [2.05, 4.69) is 5.32 Å². The summed E-state index contributed by atoms with van der Waals surface area (Å²) in [5, 5.41) is 2.77. The van der Waals surface area contributed by atoms with Gasteiger partial charge in [-0.1, -0.05) is 55.5 Å². The van der Waals surface area contributed by atoms with Crippen LogP contribution in [0.3, 0.4) is 0 Å². The van der Waals surface area contributed by atoms with E-state index in [1.54, 1.807) is 48.5 Å². The molecule has 0 atom stereocenters. The number of anilines is 1. The van der Waals surface area contributed by atoms with E-state index in [4.69, 9.17) is 0 Å². The lowest BCUT2D eigenvalue weighted by molar-refractivity contribution is -0.119. The van der Waals surface area contributed by atoms with Gasteiger partial charge in [0.05, 0.1) is 10.6 Å². The zero-order chi connectivity index (χ0) is 23.7. The normalized spacial score (nSPS) is 11.2. The van der Waals surface area contributed by atoms with Crippen LogP contribution >= 0.6 is 11.8 Å². The number of aryl methyl sites for hydroxylation is 1. The maximum absolute atomic E-state index is 13.7. The summed E-state index contributed by atoms with van der Waals surface area (Å²) >= 11 is 1.50. The molecular formula is C25H27FN2O3S2. The Bertz CT molecular complexity index is 1150. The number of rotatable bonds is 11. The SMILES string of the molecule is CCc1ccc(N(CC(=O)NCCSCc2ccccc2F)S(=O)(=O)c2ccccc2)cc1. The van der Waals surface area contributed by atoms with Crippen molar-refractivity contribution in [2.75, 3.05) is 23.1 Å². The van der Waals surface area contributed by atoms with Crippen molar-refractivity contribution in [1.82, 2.24) is 5.32 Å². The van der Waals surface area contributed by atoms with E-state index in [9.17, 15) is 17.6 Å². The van der Waals surface area contributed by atoms with Crippen LogP contribution in [0.1, 0.15) is 18.1 Å². The summed E-state index contributed by atoms with van der Waals surface area (Å²) in [5.41, 5.74) is 2.12. The molecule has 3 aromatic rings. The Hall–Kier alpha value is -2.84. The van der Waals surface area contributed by atoms with Gasteiger partial charge in [0.15, 0.2) is 0 Å². The smallest absolute Gasteiger partial charge is 0.264 e. The van der Waals surface area contributed by atoms with Crippen molar-refractivity contribution in [3.63, 3.8) is 0 Å². The molecule has 0 aliphatic heterocycles. The molecule has 0 saturated heterocycles. The van der Waals surface area contributed by atoms with Gasteiger partial charge in [0.25, 0.3) is 10.0 Å². The van der Waals surface area contributed by atoms with Gasteiger partial charge >= 0.3 is 0 Å². The van der Waals surface area contributed by atoms with Gasteiger partial charge in [-0.15, -0.1) is 0 Å². The third-order valence-corrected chi connectivity index (χ3v) is 7.83. The first-order valence-electron chi connectivity index (χ1n) is 10.7. The average Bonchev–Trinajstić information content (AvgIpc) is 2.84. The zero-order valence-corrected chi connectivity index (χ0v) is 20.0. The van der Waals surface area contributed by atoms with Crippen LogP contribution in [0.5, 0.6) is 0 Å². The van der Waals surface area contributed by atoms with E-state index < -0.39 is 15.9 Å². The maximum Gasteiger partial charge on any atom is 0.264 e. The number of nitrogens with one attached hydrogen (secondary N) is 1. The Labute approximate surface area is 199 Å². The quantitative estimate of drug-likeness (QED) is 0.401. The summed E-state index contributed by atoms with van der Waals surface area (Å²) in [5.74, 6) is 0.433. The molecule has 0 heterocycles. The first-order chi connectivity index (χ1) is 15.9. The van der Waals surface area contributed by atoms with Crippen molar-refractivity contribution in [3.8, 4) is 0 Å². The minimum Gasteiger partial charge on any atom is -0.354 e. The van der Waals surface area contributed by atoms with Crippen LogP contribution in [0.2, 0.25) is 0 Å². The molecule has 0 aliphatic carbocycles. The summed E-state index contributed by atoms with van der Waals surface area (Å²) in [6.07, 6.45) is 0.830. The lowest BCUT2D eigenvalue weighted by Gasteiger charge is -2.24. The van der Waals surface area contributed by atoms with Gasteiger partial charge in [-0.05, 0) is 47.9 Å². The van der Waals surface area contributed by atoms with Crippen molar-refractivity contribution >= 4 is 33.4 Å². The molecule has 0 saturated carbocycles. The minimum atomic E-state index is -3.92. The van der Waals surface area contributed by atoms with Crippen LogP contribution in [0, 0.1) is 5.82 Å². The Morgan fingerprint density at radius 1 is 0.970 bits per heavy atom. The Kier molecular flexibility index (Phi) is 8.91. The summed E-state index contributed by atoms with van der Waals surface area (Å²) in [4.78, 5) is 12.8. The number of sulfonamides is 1. The van der Waals surface area contributed by atoms with Crippen molar-refractivity contribution in [3.05, 3.63) is 95.8 Å². The van der Waals surface area contributed by atoms with E-state index >= 15 is 0 Å². The predicted octanol–water partition coefficient (Wildman–Crippen LogP) is 4.63. The largest absolute Gasteiger partial charge is 0.354 e. The van der Waals surface area contributed by atoms with Crippen molar-refractivity contribution in [1.29, 1.82) is 0 Å². The lowest BCUT2D eigenvalue weighted by Crippen LogP contribution is -2.41. The van der Waals surface area contributed by atoms with Crippen LogP contribution in [-0.2, 0) is 27.0 Å². The second-order valence-electron chi connectivity index (χ2n) is 7.34. The van der Waals surface area contributed by atoms with Crippen LogP contribution in [0.15, 0.2) is 83.8 Å². The van der Waals surface area contributed by atoms with Crippen LogP contribution in [0.25, 0.3) is 0 Å². The molecule has 0 aliphatic rings. The molecular weight excluding hydrogens is 459 g/mol. The van der Waals surface area contributed by atoms with Gasteiger partial charge in [0.2, 0.25) is 5.91 Å². The second-order valence-corrected chi connectivity index (χ2v) is 10.3. The van der Waals surface area contributed by atoms with Crippen molar-refractivity contribution in [2.24, 2.45) is 0 Å². The molecule has 0 fully saturated rings. The third kappa shape index (κ3) is 6.82. The first-order valence-corrected chi connectivity index (χ1v) is 13.3. The Morgan fingerprint density at radius 3 is 2.30 bits per heavy atom. The van der Waals surface area contributed by atoms with Crippen LogP contribution in [0.4, 0.5) is 10.1 Å². The Balaban J connectivity index is 1.64. The van der Waals surface area contributed by atoms with E-state index in [1.165, 1.54) is 30.0 Å². The van der Waals surface area contributed by atoms with Crippen LogP contribution < -0.4 is 9.62 Å². The van der Waals surface area contributed by atoms with Crippen molar-refractivity contribution in [2.45, 2.75) is 24.0 Å². The van der Waals surface area contributed by atoms with Gasteiger partial charge in [0.1, 0.15) is 12.4 Å². The molecule has 0 radical (unpaired) electrons. The van der Waals surface area contributed by atoms with E-state index in [0.29, 0.717) is 29.3 Å². The number of hydrogen-bond donors (Lipinski definition) is 1. The topological polar surface area (TPSA) is 66.5 Å². The highest BCUT2D eigenvalue weighted by Crippen LogP contribution is 2.24. The van der Waals surface area contributed by atoms with Gasteiger partial charge < -0.3 is 5.32 Å². The Morgan fingerprint density at radius 2 is 1.64 bits per heavy atom. The highest BCUT2D eigenvalue weighted by atomic mass is 32.2. The maximum atomic E-state index is 13.7. The van der Waals surface area contributed by atoms with Gasteiger partial charge in [-0.3, -0.25) is 9.10 Å². The van der Waals surface area contributed by atoms with E-state index in [-0.39, 0.29) is 17.3 Å². The molecule has 0 aromatic heterocycles. The molecule has 174 valence electrons. The summed E-state index contributed by atoms with van der Waals surface area (Å²) in [6, 6.07) is 21.8. The number of benzene rings is 3. The molecule has 8 heteroatoms. The molecule has 5 nitrogen and oxygen atoms in total. The molecule has 0 bridgehead atoms. The van der Waals surface area contributed by atoms with Gasteiger partial charge in [-0.2, -0.15) is 11.8 Å². The molecule has 3 aromatic carbocycles. The van der Waals surface area contributed by atoms with Gasteiger partial charge in [0, 0.05) is 18.1 Å². The minimum absolute atomic E-state index is 0.123. The number of hydrogen-bond acceptors (Lipinski definition) is 4. The summed E-state index contributed by atoms with van der Waals surface area (Å²) < 4.78 is 41.4. The lowest BCUT2D eigenvalue weighted by atomic mass is 10.1. The van der Waals surface area contributed by atoms with Crippen molar-refractivity contribution < 1.29 is 17.6 Å². The fourth-order valence-corrected chi connectivity index (χ4v) is 5.47. The molecule has 1 N–H and O–H groups in total. The first kappa shape index (κ1) is 24.8. The molecule has 3 rings (SSSR count). The number of nitrogens with zero attached hydrogens (tertiary/aromatic N) is 1. The highest BCUT2D eigenvalue weighted by molar-refractivity contribution is 7.98. The molecule has 0 unspecified atom stereocenters. The van der Waals surface area contributed by atoms with E-state index in [0.717, 1.165) is 16.3 Å². The predicted molar refractivity (Wildman–Crippen MR) is 132 cm³/mol. The summed E-state index contributed by atoms with van der Waals surface area (Å²) in [7, 11) is -3.92. The zero-order valence-electron chi connectivity index (χ0n) is 18.4. The number of halogens is 1. The standard InChI is InChI=1S/C25H27FN2O3S2/c1-2-20-12-14-22(15-13-20)28(33(30,31)23-9-4-3-5-10-23)18-25(29)27-16-17-32-19-21-8-6-7-11-24(21)26/h3-15H,2,16-19H2,1H3,(H,27,29). The highest BCUT2D eigenvalue weighted by Gasteiger charge is 2.27. The van der Waals surface area contributed by atoms with Crippen LogP contribution in [-0.4, -0.2) is 33.2 Å². The molecule has 0 spiro atoms. The summed E-state index contributed by atoms with van der Waals surface area (Å²) in [6.45, 7) is 2.04. The number of carbonyl (C=O) groups excluding carboxylic acids is 1.